The predicted molar refractivity (Wildman–Crippen MR) is 82.4 cm³/mol. The minimum absolute atomic E-state index is 0.00218. The molecule has 0 aliphatic rings. The van der Waals surface area contributed by atoms with E-state index in [0.29, 0.717) is 11.6 Å². The summed E-state index contributed by atoms with van der Waals surface area (Å²) >= 11 is 5.23. The molecule has 1 heterocycles. The molecule has 1 aromatic rings. The molecule has 3 nitrogen and oxygen atoms in total. The Morgan fingerprint density at radius 2 is 2.17 bits per heavy atom. The molecular formula is C13H21BrN2OS. The van der Waals surface area contributed by atoms with Gasteiger partial charge in [0.2, 0.25) is 0 Å². The number of hydrogen-bond acceptors (Lipinski definition) is 2. The molecule has 0 saturated carbocycles. The van der Waals surface area contributed by atoms with Crippen molar-refractivity contribution < 1.29 is 4.79 Å². The van der Waals surface area contributed by atoms with Crippen LogP contribution >= 0.6 is 27.7 Å². The number of carbonyl (C=O) groups excluding carboxylic acids is 1. The standard InChI is InChI=1S/C13H21BrN2OS/c1-9(2)16-7-11(14)5-12(16)13(17)15-6-10(3)8-18-4/h5,7,9-10H,6,8H2,1-4H3,(H,15,17). The van der Waals surface area contributed by atoms with Crippen LogP contribution in [0.5, 0.6) is 0 Å². The summed E-state index contributed by atoms with van der Waals surface area (Å²) in [6.07, 6.45) is 4.03. The first-order valence-corrected chi connectivity index (χ1v) is 8.29. The zero-order chi connectivity index (χ0) is 13.7. The number of nitrogens with zero attached hydrogens (tertiary/aromatic N) is 1. The average molecular weight is 333 g/mol. The molecule has 0 fully saturated rings. The lowest BCUT2D eigenvalue weighted by Gasteiger charge is -2.14. The monoisotopic (exact) mass is 332 g/mol. The van der Waals surface area contributed by atoms with Gasteiger partial charge >= 0.3 is 0 Å². The first kappa shape index (κ1) is 15.6. The summed E-state index contributed by atoms with van der Waals surface area (Å²) < 4.78 is 2.93. The van der Waals surface area contributed by atoms with E-state index < -0.39 is 0 Å². The van der Waals surface area contributed by atoms with Crippen molar-refractivity contribution in [2.24, 2.45) is 5.92 Å². The smallest absolute Gasteiger partial charge is 0.267 e. The fourth-order valence-electron chi connectivity index (χ4n) is 1.76. The molecule has 18 heavy (non-hydrogen) atoms. The van der Waals surface area contributed by atoms with Gasteiger partial charge in [-0.05, 0) is 53.8 Å². The van der Waals surface area contributed by atoms with Crippen molar-refractivity contribution in [1.29, 1.82) is 0 Å². The highest BCUT2D eigenvalue weighted by Gasteiger charge is 2.15. The maximum Gasteiger partial charge on any atom is 0.267 e. The number of nitrogens with one attached hydrogen (secondary N) is 1. The Labute approximate surface area is 122 Å². The Bertz CT molecular complexity index is 404. The predicted octanol–water partition coefficient (Wildman–Crippen LogP) is 3.56. The molecule has 0 aliphatic carbocycles. The first-order valence-electron chi connectivity index (χ1n) is 6.10. The zero-order valence-electron chi connectivity index (χ0n) is 11.4. The second-order valence-corrected chi connectivity index (χ2v) is 6.64. The maximum atomic E-state index is 12.1. The molecule has 1 amide bonds. The van der Waals surface area contributed by atoms with Crippen LogP contribution in [-0.2, 0) is 0 Å². The number of halogens is 1. The fourth-order valence-corrected chi connectivity index (χ4v) is 2.88. The van der Waals surface area contributed by atoms with Crippen molar-refractivity contribution in [3.8, 4) is 0 Å². The third-order valence-corrected chi connectivity index (χ3v) is 4.00. The van der Waals surface area contributed by atoms with Gasteiger partial charge in [0.1, 0.15) is 5.69 Å². The van der Waals surface area contributed by atoms with Gasteiger partial charge < -0.3 is 9.88 Å². The van der Waals surface area contributed by atoms with Gasteiger partial charge in [-0.2, -0.15) is 11.8 Å². The van der Waals surface area contributed by atoms with Crippen LogP contribution in [0.1, 0.15) is 37.3 Å². The molecule has 5 heteroatoms. The SMILES string of the molecule is CSCC(C)CNC(=O)c1cc(Br)cn1C(C)C. The quantitative estimate of drug-likeness (QED) is 0.864. The van der Waals surface area contributed by atoms with Gasteiger partial charge in [0.15, 0.2) is 0 Å². The summed E-state index contributed by atoms with van der Waals surface area (Å²) in [6, 6.07) is 2.15. The molecule has 102 valence electrons. The molecular weight excluding hydrogens is 312 g/mol. The Balaban J connectivity index is 2.66. The second kappa shape index (κ2) is 7.24. The number of rotatable bonds is 6. The molecule has 0 aliphatic heterocycles. The van der Waals surface area contributed by atoms with E-state index in [0.717, 1.165) is 16.8 Å². The fraction of sp³-hybridized carbons (Fsp3) is 0.615. The van der Waals surface area contributed by atoms with Gasteiger partial charge in [0, 0.05) is 23.3 Å². The number of hydrogen-bond donors (Lipinski definition) is 1. The number of carbonyl (C=O) groups is 1. The molecule has 0 radical (unpaired) electrons. The van der Waals surface area contributed by atoms with Crippen molar-refractivity contribution in [3.05, 3.63) is 22.4 Å². The lowest BCUT2D eigenvalue weighted by molar-refractivity contribution is 0.0938. The normalized spacial score (nSPS) is 12.8. The van der Waals surface area contributed by atoms with Gasteiger partial charge in [-0.25, -0.2) is 0 Å². The molecule has 0 aromatic carbocycles. The van der Waals surface area contributed by atoms with E-state index in [1.54, 1.807) is 11.8 Å². The number of amides is 1. The van der Waals surface area contributed by atoms with Gasteiger partial charge in [0.25, 0.3) is 5.91 Å². The van der Waals surface area contributed by atoms with Crippen molar-refractivity contribution in [2.75, 3.05) is 18.6 Å². The van der Waals surface area contributed by atoms with Gasteiger partial charge in [0.05, 0.1) is 0 Å². The first-order chi connectivity index (χ1) is 8.45. The van der Waals surface area contributed by atoms with Crippen molar-refractivity contribution >= 4 is 33.6 Å². The van der Waals surface area contributed by atoms with E-state index in [-0.39, 0.29) is 11.9 Å². The van der Waals surface area contributed by atoms with Crippen LogP contribution in [0.25, 0.3) is 0 Å². The molecule has 0 spiro atoms. The van der Waals surface area contributed by atoms with Gasteiger partial charge in [-0.1, -0.05) is 6.92 Å². The zero-order valence-corrected chi connectivity index (χ0v) is 13.8. The highest BCUT2D eigenvalue weighted by Crippen LogP contribution is 2.19. The summed E-state index contributed by atoms with van der Waals surface area (Å²) in [4.78, 5) is 12.1. The van der Waals surface area contributed by atoms with Gasteiger partial charge in [-0.3, -0.25) is 4.79 Å². The molecule has 1 atom stereocenters. The highest BCUT2D eigenvalue weighted by atomic mass is 79.9. The van der Waals surface area contributed by atoms with Gasteiger partial charge in [-0.15, -0.1) is 0 Å². The summed E-state index contributed by atoms with van der Waals surface area (Å²) in [6.45, 7) is 7.01. The number of aromatic nitrogens is 1. The van der Waals surface area contributed by atoms with Crippen LogP contribution in [-0.4, -0.2) is 29.0 Å². The Kier molecular flexibility index (Phi) is 6.29. The third-order valence-electron chi connectivity index (χ3n) is 2.67. The Hall–Kier alpha value is -0.420. The minimum atomic E-state index is 0.00218. The maximum absolute atomic E-state index is 12.1. The summed E-state index contributed by atoms with van der Waals surface area (Å²) in [7, 11) is 0. The third kappa shape index (κ3) is 4.35. The van der Waals surface area contributed by atoms with Crippen LogP contribution in [0, 0.1) is 5.92 Å². The van der Waals surface area contributed by atoms with Crippen LogP contribution in [0.2, 0.25) is 0 Å². The molecule has 1 rings (SSSR count). The minimum Gasteiger partial charge on any atom is -0.350 e. The van der Waals surface area contributed by atoms with Crippen LogP contribution < -0.4 is 5.32 Å². The summed E-state index contributed by atoms with van der Waals surface area (Å²) in [5, 5.41) is 3.00. The lowest BCUT2D eigenvalue weighted by atomic mass is 10.2. The van der Waals surface area contributed by atoms with E-state index >= 15 is 0 Å². The van der Waals surface area contributed by atoms with Crippen molar-refractivity contribution in [3.63, 3.8) is 0 Å². The molecule has 1 unspecified atom stereocenters. The van der Waals surface area contributed by atoms with E-state index in [1.807, 2.05) is 16.8 Å². The molecule has 0 bridgehead atoms. The summed E-state index contributed by atoms with van der Waals surface area (Å²) in [5.74, 6) is 1.56. The van der Waals surface area contributed by atoms with Crippen molar-refractivity contribution in [1.82, 2.24) is 9.88 Å². The average Bonchev–Trinajstić information content (AvgIpc) is 2.69. The highest BCUT2D eigenvalue weighted by molar-refractivity contribution is 9.10. The topological polar surface area (TPSA) is 34.0 Å². The van der Waals surface area contributed by atoms with Crippen LogP contribution in [0.15, 0.2) is 16.7 Å². The van der Waals surface area contributed by atoms with Crippen LogP contribution in [0.3, 0.4) is 0 Å². The number of thioether (sulfide) groups is 1. The van der Waals surface area contributed by atoms with E-state index in [1.165, 1.54) is 0 Å². The van der Waals surface area contributed by atoms with Crippen LogP contribution in [0.4, 0.5) is 0 Å². The molecule has 1 aromatic heterocycles. The van der Waals surface area contributed by atoms with Crippen molar-refractivity contribution in [2.45, 2.75) is 26.8 Å². The summed E-state index contributed by atoms with van der Waals surface area (Å²) in [5.41, 5.74) is 0.716. The molecule has 0 saturated heterocycles. The lowest BCUT2D eigenvalue weighted by Crippen LogP contribution is -2.30. The second-order valence-electron chi connectivity index (χ2n) is 4.82. The van der Waals surface area contributed by atoms with E-state index in [4.69, 9.17) is 0 Å². The van der Waals surface area contributed by atoms with E-state index in [9.17, 15) is 4.79 Å². The Morgan fingerprint density at radius 3 is 2.72 bits per heavy atom. The van der Waals surface area contributed by atoms with E-state index in [2.05, 4.69) is 48.3 Å². The Morgan fingerprint density at radius 1 is 1.50 bits per heavy atom. The molecule has 1 N–H and O–H groups in total. The largest absolute Gasteiger partial charge is 0.350 e.